The maximum atomic E-state index is 11.4. The van der Waals surface area contributed by atoms with Crippen molar-refractivity contribution in [2.24, 2.45) is 17.8 Å². The van der Waals surface area contributed by atoms with Crippen molar-refractivity contribution in [1.29, 1.82) is 0 Å². The van der Waals surface area contributed by atoms with Crippen molar-refractivity contribution in [3.63, 3.8) is 0 Å². The third kappa shape index (κ3) is 2.21. The summed E-state index contributed by atoms with van der Waals surface area (Å²) in [6.07, 6.45) is 2.30. The first-order valence-corrected chi connectivity index (χ1v) is 5.26. The van der Waals surface area contributed by atoms with Gasteiger partial charge in [-0.3, -0.25) is 4.79 Å². The highest BCUT2D eigenvalue weighted by molar-refractivity contribution is 5.81. The zero-order valence-electron chi connectivity index (χ0n) is 8.18. The lowest BCUT2D eigenvalue weighted by molar-refractivity contribution is -0.122. The van der Waals surface area contributed by atoms with E-state index in [0.29, 0.717) is 17.8 Å². The molecule has 2 aliphatic rings. The van der Waals surface area contributed by atoms with Gasteiger partial charge in [-0.25, -0.2) is 0 Å². The molecule has 3 atom stereocenters. The van der Waals surface area contributed by atoms with Crippen LogP contribution in [0.15, 0.2) is 0 Å². The summed E-state index contributed by atoms with van der Waals surface area (Å²) < 4.78 is 0. The van der Waals surface area contributed by atoms with E-state index in [1.54, 1.807) is 0 Å². The second kappa shape index (κ2) is 3.66. The highest BCUT2D eigenvalue weighted by Gasteiger charge is 2.39. The van der Waals surface area contributed by atoms with Crippen LogP contribution in [0.5, 0.6) is 0 Å². The molecule has 0 aromatic heterocycles. The van der Waals surface area contributed by atoms with E-state index in [4.69, 9.17) is 0 Å². The Morgan fingerprint density at radius 3 is 2.92 bits per heavy atom. The molecule has 1 aliphatic carbocycles. The van der Waals surface area contributed by atoms with Gasteiger partial charge in [0, 0.05) is 12.5 Å². The molecule has 2 N–H and O–H groups in total. The molecule has 0 aromatic carbocycles. The van der Waals surface area contributed by atoms with E-state index < -0.39 is 0 Å². The Hall–Kier alpha value is -0.570. The number of carbonyl (C=O) groups excluding carboxylic acids is 1. The van der Waals surface area contributed by atoms with E-state index in [2.05, 4.69) is 17.6 Å². The molecule has 74 valence electrons. The van der Waals surface area contributed by atoms with Crippen LogP contribution in [-0.4, -0.2) is 25.5 Å². The van der Waals surface area contributed by atoms with E-state index in [-0.39, 0.29) is 5.91 Å². The molecule has 0 spiro atoms. The van der Waals surface area contributed by atoms with Gasteiger partial charge in [-0.1, -0.05) is 6.92 Å². The summed E-state index contributed by atoms with van der Waals surface area (Å²) in [5.74, 6) is 1.90. The van der Waals surface area contributed by atoms with Crippen molar-refractivity contribution in [2.75, 3.05) is 19.6 Å². The Morgan fingerprint density at radius 1 is 1.62 bits per heavy atom. The fourth-order valence-corrected chi connectivity index (χ4v) is 1.95. The molecule has 0 aromatic rings. The SMILES string of the molecule is CC1CC1C(=O)NCC1CCNC1. The second-order valence-electron chi connectivity index (χ2n) is 4.42. The maximum Gasteiger partial charge on any atom is 0.223 e. The van der Waals surface area contributed by atoms with Gasteiger partial charge >= 0.3 is 0 Å². The first-order valence-electron chi connectivity index (χ1n) is 5.26. The van der Waals surface area contributed by atoms with Crippen molar-refractivity contribution >= 4 is 5.91 Å². The van der Waals surface area contributed by atoms with Gasteiger partial charge in [-0.05, 0) is 37.8 Å². The van der Waals surface area contributed by atoms with E-state index >= 15 is 0 Å². The maximum absolute atomic E-state index is 11.4. The lowest BCUT2D eigenvalue weighted by Gasteiger charge is -2.09. The van der Waals surface area contributed by atoms with Gasteiger partial charge in [0.1, 0.15) is 0 Å². The van der Waals surface area contributed by atoms with Gasteiger partial charge in [0.05, 0.1) is 0 Å². The average molecular weight is 182 g/mol. The van der Waals surface area contributed by atoms with Gasteiger partial charge in [-0.15, -0.1) is 0 Å². The molecule has 3 nitrogen and oxygen atoms in total. The predicted octanol–water partition coefficient (Wildman–Crippen LogP) is 0.368. The van der Waals surface area contributed by atoms with Crippen LogP contribution in [0.1, 0.15) is 19.8 Å². The van der Waals surface area contributed by atoms with Crippen LogP contribution >= 0.6 is 0 Å². The Balaban J connectivity index is 1.64. The fraction of sp³-hybridized carbons (Fsp3) is 0.900. The Kier molecular flexibility index (Phi) is 2.54. The Labute approximate surface area is 79.3 Å². The zero-order chi connectivity index (χ0) is 9.26. The smallest absolute Gasteiger partial charge is 0.223 e. The van der Waals surface area contributed by atoms with Crippen molar-refractivity contribution in [3.8, 4) is 0 Å². The molecule has 1 amide bonds. The third-order valence-corrected chi connectivity index (χ3v) is 3.17. The van der Waals surface area contributed by atoms with Crippen LogP contribution in [0, 0.1) is 17.8 Å². The van der Waals surface area contributed by atoms with Crippen molar-refractivity contribution < 1.29 is 4.79 Å². The second-order valence-corrected chi connectivity index (χ2v) is 4.42. The molecular formula is C10H18N2O. The van der Waals surface area contributed by atoms with Crippen LogP contribution in [-0.2, 0) is 4.79 Å². The first-order chi connectivity index (χ1) is 6.27. The molecule has 13 heavy (non-hydrogen) atoms. The fourth-order valence-electron chi connectivity index (χ4n) is 1.95. The molecular weight excluding hydrogens is 164 g/mol. The Morgan fingerprint density at radius 2 is 2.38 bits per heavy atom. The molecule has 0 bridgehead atoms. The number of carbonyl (C=O) groups is 1. The lowest BCUT2D eigenvalue weighted by Crippen LogP contribution is -2.31. The monoisotopic (exact) mass is 182 g/mol. The molecule has 3 unspecified atom stereocenters. The minimum Gasteiger partial charge on any atom is -0.356 e. The van der Waals surface area contributed by atoms with Crippen molar-refractivity contribution in [3.05, 3.63) is 0 Å². The van der Waals surface area contributed by atoms with Crippen molar-refractivity contribution in [2.45, 2.75) is 19.8 Å². The van der Waals surface area contributed by atoms with Crippen LogP contribution < -0.4 is 10.6 Å². The molecule has 2 fully saturated rings. The van der Waals surface area contributed by atoms with Gasteiger partial charge < -0.3 is 10.6 Å². The average Bonchev–Trinajstić information content (AvgIpc) is 2.68. The molecule has 1 saturated carbocycles. The number of rotatable bonds is 3. The van der Waals surface area contributed by atoms with E-state index in [0.717, 1.165) is 26.1 Å². The zero-order valence-corrected chi connectivity index (χ0v) is 8.18. The lowest BCUT2D eigenvalue weighted by atomic mass is 10.1. The largest absolute Gasteiger partial charge is 0.356 e. The van der Waals surface area contributed by atoms with Crippen LogP contribution in [0.25, 0.3) is 0 Å². The first kappa shape index (κ1) is 9.00. The summed E-state index contributed by atoms with van der Waals surface area (Å²) in [6.45, 7) is 5.19. The normalized spacial score (nSPS) is 37.5. The molecule has 1 aliphatic heterocycles. The molecule has 2 rings (SSSR count). The predicted molar refractivity (Wildman–Crippen MR) is 51.3 cm³/mol. The molecule has 1 saturated heterocycles. The van der Waals surface area contributed by atoms with Gasteiger partial charge in [0.15, 0.2) is 0 Å². The summed E-state index contributed by atoms with van der Waals surface area (Å²) in [7, 11) is 0. The van der Waals surface area contributed by atoms with Crippen LogP contribution in [0.2, 0.25) is 0 Å². The minimum absolute atomic E-state index is 0.277. The summed E-state index contributed by atoms with van der Waals surface area (Å²) in [5.41, 5.74) is 0. The minimum atomic E-state index is 0.277. The van der Waals surface area contributed by atoms with Gasteiger partial charge in [0.2, 0.25) is 5.91 Å². The van der Waals surface area contributed by atoms with Crippen LogP contribution in [0.3, 0.4) is 0 Å². The summed E-state index contributed by atoms with van der Waals surface area (Å²) in [6, 6.07) is 0. The number of hydrogen-bond acceptors (Lipinski definition) is 2. The summed E-state index contributed by atoms with van der Waals surface area (Å²) >= 11 is 0. The quantitative estimate of drug-likeness (QED) is 0.662. The van der Waals surface area contributed by atoms with Gasteiger partial charge in [0.25, 0.3) is 0 Å². The van der Waals surface area contributed by atoms with Gasteiger partial charge in [-0.2, -0.15) is 0 Å². The summed E-state index contributed by atoms with van der Waals surface area (Å²) in [4.78, 5) is 11.4. The standard InChI is InChI=1S/C10H18N2O/c1-7-4-9(7)10(13)12-6-8-2-3-11-5-8/h7-9,11H,2-6H2,1H3,(H,12,13). The molecule has 0 radical (unpaired) electrons. The number of hydrogen-bond donors (Lipinski definition) is 2. The Bertz CT molecular complexity index is 199. The van der Waals surface area contributed by atoms with E-state index in [9.17, 15) is 4.79 Å². The summed E-state index contributed by atoms with van der Waals surface area (Å²) in [5, 5.41) is 6.34. The van der Waals surface area contributed by atoms with E-state index in [1.807, 2.05) is 0 Å². The van der Waals surface area contributed by atoms with E-state index in [1.165, 1.54) is 6.42 Å². The highest BCUT2D eigenvalue weighted by atomic mass is 16.2. The number of nitrogens with one attached hydrogen (secondary N) is 2. The molecule has 1 heterocycles. The molecule has 3 heteroatoms. The topological polar surface area (TPSA) is 41.1 Å². The highest BCUT2D eigenvalue weighted by Crippen LogP contribution is 2.37. The van der Waals surface area contributed by atoms with Crippen molar-refractivity contribution in [1.82, 2.24) is 10.6 Å². The number of amides is 1. The third-order valence-electron chi connectivity index (χ3n) is 3.17. The van der Waals surface area contributed by atoms with Crippen LogP contribution in [0.4, 0.5) is 0 Å².